The second kappa shape index (κ2) is 8.67. The molecule has 2 rings (SSSR count). The molecule has 136 valence electrons. The van der Waals surface area contributed by atoms with Crippen molar-refractivity contribution in [2.45, 2.75) is 52.4 Å². The van der Waals surface area contributed by atoms with Crippen LogP contribution in [0.1, 0.15) is 37.9 Å². The zero-order valence-electron chi connectivity index (χ0n) is 15.6. The fourth-order valence-corrected chi connectivity index (χ4v) is 2.62. The van der Waals surface area contributed by atoms with Crippen molar-refractivity contribution >= 4 is 5.91 Å². The van der Waals surface area contributed by atoms with Gasteiger partial charge in [0.2, 0.25) is 5.91 Å². The molecule has 0 fully saturated rings. The number of nitrogens with one attached hydrogen (secondary N) is 2. The molecular formula is C19H28N4O2. The molecule has 6 heteroatoms. The predicted octanol–water partition coefficient (Wildman–Crippen LogP) is 2.44. The van der Waals surface area contributed by atoms with Gasteiger partial charge < -0.3 is 15.4 Å². The summed E-state index contributed by atoms with van der Waals surface area (Å²) < 4.78 is 7.12. The van der Waals surface area contributed by atoms with E-state index in [1.807, 2.05) is 55.2 Å². The minimum Gasteiger partial charge on any atom is -0.497 e. The van der Waals surface area contributed by atoms with Crippen molar-refractivity contribution in [3.05, 3.63) is 47.8 Å². The number of benzene rings is 1. The van der Waals surface area contributed by atoms with E-state index < -0.39 is 0 Å². The van der Waals surface area contributed by atoms with Gasteiger partial charge in [0.05, 0.1) is 25.4 Å². The third kappa shape index (κ3) is 5.32. The van der Waals surface area contributed by atoms with E-state index in [0.29, 0.717) is 6.54 Å². The molecular weight excluding hydrogens is 316 g/mol. The van der Waals surface area contributed by atoms with Gasteiger partial charge >= 0.3 is 0 Å². The van der Waals surface area contributed by atoms with Gasteiger partial charge in [-0.25, -0.2) is 0 Å². The number of carbonyl (C=O) groups is 1. The van der Waals surface area contributed by atoms with E-state index in [4.69, 9.17) is 4.74 Å². The maximum Gasteiger partial charge on any atom is 0.237 e. The Balaban J connectivity index is 1.84. The Labute approximate surface area is 149 Å². The van der Waals surface area contributed by atoms with Crippen LogP contribution in [0.25, 0.3) is 0 Å². The summed E-state index contributed by atoms with van der Waals surface area (Å²) in [5, 5.41) is 10.7. The summed E-state index contributed by atoms with van der Waals surface area (Å²) >= 11 is 0. The molecule has 3 atom stereocenters. The Morgan fingerprint density at radius 3 is 2.72 bits per heavy atom. The Kier molecular flexibility index (Phi) is 6.58. The average Bonchev–Trinajstić information content (AvgIpc) is 3.05. The maximum atomic E-state index is 12.3. The van der Waals surface area contributed by atoms with Crippen LogP contribution >= 0.6 is 0 Å². The van der Waals surface area contributed by atoms with Crippen LogP contribution in [0.4, 0.5) is 0 Å². The maximum absolute atomic E-state index is 12.3. The van der Waals surface area contributed by atoms with E-state index in [-0.39, 0.29) is 24.0 Å². The van der Waals surface area contributed by atoms with Crippen LogP contribution in [0.3, 0.4) is 0 Å². The van der Waals surface area contributed by atoms with Gasteiger partial charge in [-0.15, -0.1) is 0 Å². The number of methoxy groups -OCH3 is 1. The number of hydrogen-bond acceptors (Lipinski definition) is 4. The number of nitrogens with zero attached hydrogens (tertiary/aromatic N) is 2. The molecule has 0 spiro atoms. The van der Waals surface area contributed by atoms with Crippen LogP contribution in [-0.2, 0) is 11.3 Å². The smallest absolute Gasteiger partial charge is 0.237 e. The lowest BCUT2D eigenvalue weighted by Crippen LogP contribution is -2.47. The highest BCUT2D eigenvalue weighted by Crippen LogP contribution is 2.13. The van der Waals surface area contributed by atoms with Crippen LogP contribution < -0.4 is 15.4 Å². The molecule has 2 aromatic rings. The first kappa shape index (κ1) is 19.0. The van der Waals surface area contributed by atoms with Crippen molar-refractivity contribution in [2.24, 2.45) is 0 Å². The van der Waals surface area contributed by atoms with Crippen LogP contribution in [0.15, 0.2) is 36.7 Å². The van der Waals surface area contributed by atoms with E-state index in [2.05, 4.69) is 29.6 Å². The lowest BCUT2D eigenvalue weighted by atomic mass is 10.1. The van der Waals surface area contributed by atoms with Crippen molar-refractivity contribution in [1.29, 1.82) is 0 Å². The quantitative estimate of drug-likeness (QED) is 0.772. The zero-order chi connectivity index (χ0) is 18.4. The SMILES string of the molecule is COc1cccc(CNC(=O)[C@H](C)N[C@@H](C)[C@@H](C)n2cc(C)cn2)c1. The first-order chi connectivity index (χ1) is 11.9. The second-order valence-electron chi connectivity index (χ2n) is 6.48. The first-order valence-corrected chi connectivity index (χ1v) is 8.58. The van der Waals surface area contributed by atoms with Gasteiger partial charge in [-0.2, -0.15) is 5.10 Å². The molecule has 1 amide bonds. The average molecular weight is 344 g/mol. The molecule has 0 aliphatic heterocycles. The summed E-state index contributed by atoms with van der Waals surface area (Å²) in [5.74, 6) is 0.758. The monoisotopic (exact) mass is 344 g/mol. The number of aryl methyl sites for hydroxylation is 1. The van der Waals surface area contributed by atoms with Crippen molar-refractivity contribution in [3.8, 4) is 5.75 Å². The van der Waals surface area contributed by atoms with Gasteiger partial charge in [0, 0.05) is 18.8 Å². The van der Waals surface area contributed by atoms with Crippen molar-refractivity contribution < 1.29 is 9.53 Å². The molecule has 0 aliphatic carbocycles. The second-order valence-corrected chi connectivity index (χ2v) is 6.48. The van der Waals surface area contributed by atoms with Crippen molar-refractivity contribution in [1.82, 2.24) is 20.4 Å². The molecule has 0 saturated heterocycles. The van der Waals surface area contributed by atoms with E-state index in [1.165, 1.54) is 0 Å². The number of rotatable bonds is 8. The molecule has 0 saturated carbocycles. The Hall–Kier alpha value is -2.34. The predicted molar refractivity (Wildman–Crippen MR) is 98.6 cm³/mol. The fourth-order valence-electron chi connectivity index (χ4n) is 2.62. The summed E-state index contributed by atoms with van der Waals surface area (Å²) in [6, 6.07) is 7.65. The Morgan fingerprint density at radius 1 is 1.32 bits per heavy atom. The van der Waals surface area contributed by atoms with Crippen LogP contribution in [0.2, 0.25) is 0 Å². The number of amides is 1. The Morgan fingerprint density at radius 2 is 2.08 bits per heavy atom. The highest BCUT2D eigenvalue weighted by atomic mass is 16.5. The van der Waals surface area contributed by atoms with Crippen LogP contribution in [0, 0.1) is 6.92 Å². The summed E-state index contributed by atoms with van der Waals surface area (Å²) in [7, 11) is 1.63. The van der Waals surface area contributed by atoms with Crippen molar-refractivity contribution in [2.75, 3.05) is 7.11 Å². The van der Waals surface area contributed by atoms with Gasteiger partial charge in [0.15, 0.2) is 0 Å². The van der Waals surface area contributed by atoms with Gasteiger partial charge in [-0.1, -0.05) is 12.1 Å². The number of carbonyl (C=O) groups excluding carboxylic acids is 1. The number of ether oxygens (including phenoxy) is 1. The van der Waals surface area contributed by atoms with Gasteiger partial charge in [0.25, 0.3) is 0 Å². The molecule has 1 heterocycles. The van der Waals surface area contributed by atoms with E-state index >= 15 is 0 Å². The Bertz CT molecular complexity index is 698. The van der Waals surface area contributed by atoms with E-state index in [9.17, 15) is 4.79 Å². The lowest BCUT2D eigenvalue weighted by molar-refractivity contribution is -0.123. The standard InChI is InChI=1S/C19H28N4O2/c1-13-10-21-23(12-13)16(4)14(2)22-15(3)19(24)20-11-17-7-6-8-18(9-17)25-5/h6-10,12,14-16,22H,11H2,1-5H3,(H,20,24)/t14-,15-,16+/m0/s1. The van der Waals surface area contributed by atoms with E-state index in [0.717, 1.165) is 16.9 Å². The minimum absolute atomic E-state index is 0.0292. The summed E-state index contributed by atoms with van der Waals surface area (Å²) in [6.45, 7) is 8.52. The molecule has 6 nitrogen and oxygen atoms in total. The molecule has 0 radical (unpaired) electrons. The lowest BCUT2D eigenvalue weighted by Gasteiger charge is -2.25. The van der Waals surface area contributed by atoms with Crippen LogP contribution in [0.5, 0.6) is 5.75 Å². The van der Waals surface area contributed by atoms with E-state index in [1.54, 1.807) is 7.11 Å². The van der Waals surface area contributed by atoms with Crippen molar-refractivity contribution in [3.63, 3.8) is 0 Å². The molecule has 0 bridgehead atoms. The highest BCUT2D eigenvalue weighted by Gasteiger charge is 2.20. The number of hydrogen-bond donors (Lipinski definition) is 2. The molecule has 2 N–H and O–H groups in total. The third-order valence-electron chi connectivity index (χ3n) is 4.38. The van der Waals surface area contributed by atoms with Gasteiger partial charge in [-0.05, 0) is 51.0 Å². The topological polar surface area (TPSA) is 68.2 Å². The summed E-state index contributed by atoms with van der Waals surface area (Å²) in [5.41, 5.74) is 2.14. The normalized spacial score (nSPS) is 14.6. The fraction of sp³-hybridized carbons (Fsp3) is 0.474. The molecule has 0 unspecified atom stereocenters. The largest absolute Gasteiger partial charge is 0.497 e. The highest BCUT2D eigenvalue weighted by molar-refractivity contribution is 5.81. The van der Waals surface area contributed by atoms with Gasteiger partial charge in [0.1, 0.15) is 5.75 Å². The first-order valence-electron chi connectivity index (χ1n) is 8.58. The summed E-state index contributed by atoms with van der Waals surface area (Å²) in [6.07, 6.45) is 3.85. The minimum atomic E-state index is -0.292. The zero-order valence-corrected chi connectivity index (χ0v) is 15.6. The van der Waals surface area contributed by atoms with Gasteiger partial charge in [-0.3, -0.25) is 9.48 Å². The number of aromatic nitrogens is 2. The molecule has 0 aliphatic rings. The molecule has 1 aromatic carbocycles. The molecule has 1 aromatic heterocycles. The third-order valence-corrected chi connectivity index (χ3v) is 4.38. The summed E-state index contributed by atoms with van der Waals surface area (Å²) in [4.78, 5) is 12.3. The molecule has 25 heavy (non-hydrogen) atoms. The van der Waals surface area contributed by atoms with Crippen LogP contribution in [-0.4, -0.2) is 34.9 Å².